The highest BCUT2D eigenvalue weighted by atomic mass is 16.3. The number of carbonyl (C=O) groups is 1. The lowest BCUT2D eigenvalue weighted by molar-refractivity contribution is -0.121. The number of aromatic hydroxyl groups is 2. The van der Waals surface area contributed by atoms with Crippen LogP contribution in [-0.2, 0) is 11.2 Å². The first-order chi connectivity index (χ1) is 15.5. The highest BCUT2D eigenvalue weighted by Crippen LogP contribution is 2.25. The van der Waals surface area contributed by atoms with Crippen LogP contribution in [0.2, 0.25) is 0 Å². The third-order valence-electron chi connectivity index (χ3n) is 5.99. The molecule has 1 aromatic carbocycles. The standard InChI is InChI=1S/C28H46O4/c1-2-3-4-5-6-7-8-9-10-11-12-13-14-15-16-17-25(29)23-26(30)20-18-24-19-21-27(31)28(32)22-24/h9-10,19,21-22,26,30-32H,2-8,11-18,20,23H2,1H3. The molecule has 0 aromatic heterocycles. The average Bonchev–Trinajstić information content (AvgIpc) is 2.77. The molecule has 1 unspecified atom stereocenters. The van der Waals surface area contributed by atoms with Gasteiger partial charge in [0, 0.05) is 12.8 Å². The van der Waals surface area contributed by atoms with Crippen LogP contribution >= 0.6 is 0 Å². The van der Waals surface area contributed by atoms with E-state index in [0.717, 1.165) is 18.4 Å². The summed E-state index contributed by atoms with van der Waals surface area (Å²) in [6.45, 7) is 2.26. The molecule has 0 aliphatic rings. The Morgan fingerprint density at radius 1 is 0.844 bits per heavy atom. The number of phenols is 2. The van der Waals surface area contributed by atoms with Gasteiger partial charge in [-0.05, 0) is 62.6 Å². The third-order valence-corrected chi connectivity index (χ3v) is 5.99. The van der Waals surface area contributed by atoms with Gasteiger partial charge in [-0.3, -0.25) is 4.79 Å². The van der Waals surface area contributed by atoms with Crippen LogP contribution in [0.4, 0.5) is 0 Å². The normalized spacial score (nSPS) is 12.4. The maximum Gasteiger partial charge on any atom is 0.157 e. The van der Waals surface area contributed by atoms with Crippen LogP contribution in [0.15, 0.2) is 30.4 Å². The number of aliphatic hydroxyl groups excluding tert-OH is 1. The molecule has 0 aliphatic heterocycles. The number of Topliss-reactive ketones (excluding diaryl/α,β-unsaturated/α-hetero) is 1. The van der Waals surface area contributed by atoms with Crippen LogP contribution in [0, 0.1) is 0 Å². The summed E-state index contributed by atoms with van der Waals surface area (Å²) in [6.07, 6.45) is 22.0. The van der Waals surface area contributed by atoms with E-state index >= 15 is 0 Å². The summed E-state index contributed by atoms with van der Waals surface area (Å²) in [7, 11) is 0. The van der Waals surface area contributed by atoms with Crippen molar-refractivity contribution in [2.24, 2.45) is 0 Å². The molecule has 1 atom stereocenters. The molecule has 0 bridgehead atoms. The summed E-state index contributed by atoms with van der Waals surface area (Å²) < 4.78 is 0. The monoisotopic (exact) mass is 446 g/mol. The molecule has 0 spiro atoms. The average molecular weight is 447 g/mol. The second-order valence-electron chi connectivity index (χ2n) is 9.09. The van der Waals surface area contributed by atoms with Gasteiger partial charge < -0.3 is 15.3 Å². The molecule has 3 N–H and O–H groups in total. The summed E-state index contributed by atoms with van der Waals surface area (Å²) in [5, 5.41) is 28.9. The Labute approximate surface area is 195 Å². The quantitative estimate of drug-likeness (QED) is 0.111. The van der Waals surface area contributed by atoms with E-state index in [9.17, 15) is 20.1 Å². The predicted octanol–water partition coefficient (Wildman–Crippen LogP) is 7.39. The lowest BCUT2D eigenvalue weighted by Gasteiger charge is -2.10. The number of phenolic OH excluding ortho intramolecular Hbond substituents is 2. The molecule has 32 heavy (non-hydrogen) atoms. The van der Waals surface area contributed by atoms with Crippen molar-refractivity contribution in [1.29, 1.82) is 0 Å². The Balaban J connectivity index is 1.93. The van der Waals surface area contributed by atoms with Gasteiger partial charge in [-0.25, -0.2) is 0 Å². The number of aliphatic hydroxyl groups is 1. The van der Waals surface area contributed by atoms with Gasteiger partial charge in [0.2, 0.25) is 0 Å². The number of benzene rings is 1. The van der Waals surface area contributed by atoms with Gasteiger partial charge >= 0.3 is 0 Å². The van der Waals surface area contributed by atoms with Gasteiger partial charge in [0.25, 0.3) is 0 Å². The molecule has 1 rings (SSSR count). The van der Waals surface area contributed by atoms with Crippen molar-refractivity contribution >= 4 is 5.78 Å². The molecule has 0 fully saturated rings. The highest BCUT2D eigenvalue weighted by Gasteiger charge is 2.11. The van der Waals surface area contributed by atoms with E-state index in [4.69, 9.17) is 0 Å². The van der Waals surface area contributed by atoms with Gasteiger partial charge in [-0.2, -0.15) is 0 Å². The van der Waals surface area contributed by atoms with Crippen LogP contribution < -0.4 is 0 Å². The molecule has 182 valence electrons. The minimum atomic E-state index is -0.651. The molecule has 0 aliphatic carbocycles. The van der Waals surface area contributed by atoms with E-state index < -0.39 is 6.10 Å². The van der Waals surface area contributed by atoms with Gasteiger partial charge in [0.05, 0.1) is 6.10 Å². The molecule has 4 heteroatoms. The number of aryl methyl sites for hydroxylation is 1. The van der Waals surface area contributed by atoms with Crippen molar-refractivity contribution in [1.82, 2.24) is 0 Å². The topological polar surface area (TPSA) is 77.8 Å². The van der Waals surface area contributed by atoms with Crippen molar-refractivity contribution in [3.05, 3.63) is 35.9 Å². The fourth-order valence-electron chi connectivity index (χ4n) is 3.92. The van der Waals surface area contributed by atoms with E-state index in [-0.39, 0.29) is 23.7 Å². The lowest BCUT2D eigenvalue weighted by Crippen LogP contribution is -2.14. The van der Waals surface area contributed by atoms with E-state index in [1.54, 1.807) is 6.07 Å². The first-order valence-corrected chi connectivity index (χ1v) is 12.9. The Morgan fingerprint density at radius 2 is 1.44 bits per heavy atom. The Hall–Kier alpha value is -1.81. The largest absolute Gasteiger partial charge is 0.504 e. The van der Waals surface area contributed by atoms with Crippen LogP contribution in [0.3, 0.4) is 0 Å². The molecule has 0 heterocycles. The maximum atomic E-state index is 12.1. The second kappa shape index (κ2) is 18.7. The number of carbonyl (C=O) groups excluding carboxylic acids is 1. The van der Waals surface area contributed by atoms with E-state index in [1.807, 2.05) is 0 Å². The van der Waals surface area contributed by atoms with Gasteiger partial charge in [-0.15, -0.1) is 0 Å². The van der Waals surface area contributed by atoms with Gasteiger partial charge in [0.1, 0.15) is 5.78 Å². The minimum Gasteiger partial charge on any atom is -0.504 e. The van der Waals surface area contributed by atoms with Crippen LogP contribution in [0.25, 0.3) is 0 Å². The van der Waals surface area contributed by atoms with Crippen LogP contribution in [0.1, 0.15) is 115 Å². The summed E-state index contributed by atoms with van der Waals surface area (Å²) in [5.74, 6) is -0.176. The number of hydrogen-bond donors (Lipinski definition) is 3. The highest BCUT2D eigenvalue weighted by molar-refractivity contribution is 5.78. The Bertz CT molecular complexity index is 638. The molecular formula is C28H46O4. The molecular weight excluding hydrogens is 400 g/mol. The number of unbranched alkanes of at least 4 members (excludes halogenated alkanes) is 11. The summed E-state index contributed by atoms with van der Waals surface area (Å²) in [6, 6.07) is 4.65. The first-order valence-electron chi connectivity index (χ1n) is 12.9. The molecule has 0 amide bonds. The minimum absolute atomic E-state index is 0.128. The second-order valence-corrected chi connectivity index (χ2v) is 9.09. The van der Waals surface area contributed by atoms with E-state index in [2.05, 4.69) is 19.1 Å². The first kappa shape index (κ1) is 28.2. The third kappa shape index (κ3) is 15.1. The Kier molecular flexibility index (Phi) is 16.5. The lowest BCUT2D eigenvalue weighted by atomic mass is 10.0. The summed E-state index contributed by atoms with van der Waals surface area (Å²) >= 11 is 0. The summed E-state index contributed by atoms with van der Waals surface area (Å²) in [4.78, 5) is 12.1. The zero-order valence-corrected chi connectivity index (χ0v) is 20.2. The van der Waals surface area contributed by atoms with Crippen LogP contribution in [0.5, 0.6) is 11.5 Å². The van der Waals surface area contributed by atoms with Crippen molar-refractivity contribution in [2.75, 3.05) is 0 Å². The molecule has 4 nitrogen and oxygen atoms in total. The van der Waals surface area contributed by atoms with Crippen LogP contribution in [-0.4, -0.2) is 27.2 Å². The number of rotatable bonds is 20. The molecule has 1 aromatic rings. The molecule has 0 saturated carbocycles. The number of ketones is 1. The van der Waals surface area contributed by atoms with Gasteiger partial charge in [-0.1, -0.05) is 76.5 Å². The smallest absolute Gasteiger partial charge is 0.157 e. The maximum absolute atomic E-state index is 12.1. The van der Waals surface area contributed by atoms with E-state index in [1.165, 1.54) is 82.8 Å². The SMILES string of the molecule is CCCCCCCCC=CCCCCCCCC(=O)CC(O)CCc1ccc(O)c(O)c1. The fourth-order valence-corrected chi connectivity index (χ4v) is 3.92. The van der Waals surface area contributed by atoms with Crippen molar-refractivity contribution < 1.29 is 20.1 Å². The Morgan fingerprint density at radius 3 is 2.06 bits per heavy atom. The molecule has 0 radical (unpaired) electrons. The summed E-state index contributed by atoms with van der Waals surface area (Å²) in [5.41, 5.74) is 0.837. The van der Waals surface area contributed by atoms with Gasteiger partial charge in [0.15, 0.2) is 11.5 Å². The zero-order chi connectivity index (χ0) is 23.4. The number of allylic oxidation sites excluding steroid dienone is 2. The van der Waals surface area contributed by atoms with Crippen molar-refractivity contribution in [2.45, 2.75) is 122 Å². The fraction of sp³-hybridized carbons (Fsp3) is 0.679. The zero-order valence-electron chi connectivity index (χ0n) is 20.2. The van der Waals surface area contributed by atoms with Crippen molar-refractivity contribution in [3.8, 4) is 11.5 Å². The van der Waals surface area contributed by atoms with E-state index in [0.29, 0.717) is 19.3 Å². The number of hydrogen-bond acceptors (Lipinski definition) is 4. The predicted molar refractivity (Wildman–Crippen MR) is 133 cm³/mol. The molecule has 0 saturated heterocycles. The van der Waals surface area contributed by atoms with Crippen molar-refractivity contribution in [3.63, 3.8) is 0 Å².